The van der Waals surface area contributed by atoms with Gasteiger partial charge in [0, 0.05) is 0 Å². The Hall–Kier alpha value is -2.72. The fraction of sp³-hybridized carbons (Fsp3) is 0.829. The number of hydrogen-bond acceptors (Lipinski definition) is 21. The first-order chi connectivity index (χ1) is 45.3. The third-order valence-electron chi connectivity index (χ3n) is 13.7. The molecular formula is C70H126O21. The lowest BCUT2D eigenvalue weighted by molar-refractivity contribution is -0.0313. The Morgan fingerprint density at radius 1 is 0.165 bits per heavy atom. The molecule has 0 aliphatic rings. The van der Waals surface area contributed by atoms with Gasteiger partial charge in [-0.1, -0.05) is 115 Å². The number of rotatable bonds is 78. The van der Waals surface area contributed by atoms with E-state index in [2.05, 4.69) is 62.4 Å². The van der Waals surface area contributed by atoms with E-state index in [0.717, 1.165) is 24.3 Å². The minimum atomic E-state index is 0.490. The topological polar surface area (TPSA) is 194 Å². The van der Waals surface area contributed by atoms with Gasteiger partial charge in [-0.15, -0.1) is 0 Å². The molecule has 0 fully saturated rings. The number of aryl methyl sites for hydroxylation is 2. The summed E-state index contributed by atoms with van der Waals surface area (Å²) in [6, 6.07) is 16.9. The number of benzene rings is 2. The lowest BCUT2D eigenvalue weighted by atomic mass is 10.0. The van der Waals surface area contributed by atoms with Crippen LogP contribution in [0.15, 0.2) is 48.5 Å². The van der Waals surface area contributed by atoms with Crippen LogP contribution in [-0.2, 0) is 103 Å². The summed E-state index contributed by atoms with van der Waals surface area (Å²) in [6.45, 7) is 24.6. The lowest BCUT2D eigenvalue weighted by Gasteiger charge is -2.09. The van der Waals surface area contributed by atoms with Crippen LogP contribution >= 0.6 is 0 Å². The normalized spacial score (nSPS) is 11.6. The maximum atomic E-state index is 5.81. The molecule has 0 aliphatic heterocycles. The van der Waals surface area contributed by atoms with E-state index >= 15 is 0 Å². The van der Waals surface area contributed by atoms with Crippen molar-refractivity contribution in [2.45, 2.75) is 117 Å². The second-order valence-electron chi connectivity index (χ2n) is 21.4. The van der Waals surface area contributed by atoms with Gasteiger partial charge in [-0.2, -0.15) is 0 Å². The highest BCUT2D eigenvalue weighted by Gasteiger charge is 2.03. The van der Waals surface area contributed by atoms with Gasteiger partial charge in [0.15, 0.2) is 0 Å². The molecule has 21 heteroatoms. The van der Waals surface area contributed by atoms with Crippen LogP contribution in [0.3, 0.4) is 0 Å². The molecule has 0 saturated carbocycles. The minimum absolute atomic E-state index is 0.490. The quantitative estimate of drug-likeness (QED) is 0.0567. The lowest BCUT2D eigenvalue weighted by Crippen LogP contribution is -2.16. The average molecular weight is 1300 g/mol. The number of hydrogen-bond donors (Lipinski definition) is 0. The van der Waals surface area contributed by atoms with Crippen molar-refractivity contribution in [3.63, 3.8) is 0 Å². The van der Waals surface area contributed by atoms with Crippen LogP contribution in [0.1, 0.15) is 115 Å². The Balaban J connectivity index is 1.11. The summed E-state index contributed by atoms with van der Waals surface area (Å²) < 4.78 is 117. The van der Waals surface area contributed by atoms with Crippen molar-refractivity contribution in [1.82, 2.24) is 0 Å². The van der Waals surface area contributed by atoms with Crippen LogP contribution in [-0.4, -0.2) is 264 Å². The van der Waals surface area contributed by atoms with Crippen molar-refractivity contribution >= 4 is 0 Å². The van der Waals surface area contributed by atoms with Crippen molar-refractivity contribution in [2.24, 2.45) is 0 Å². The van der Waals surface area contributed by atoms with Crippen molar-refractivity contribution < 1.29 is 99.5 Å². The van der Waals surface area contributed by atoms with Crippen molar-refractivity contribution in [3.05, 3.63) is 59.7 Å². The zero-order valence-electron chi connectivity index (χ0n) is 56.8. The fourth-order valence-corrected chi connectivity index (χ4v) is 8.57. The summed E-state index contributed by atoms with van der Waals surface area (Å²) in [5, 5.41) is 0. The summed E-state index contributed by atoms with van der Waals surface area (Å²) in [5.41, 5.74) is 2.75. The van der Waals surface area contributed by atoms with Crippen LogP contribution in [0.25, 0.3) is 0 Å². The Kier molecular flexibility index (Phi) is 67.8. The summed E-state index contributed by atoms with van der Waals surface area (Å²) in [6.07, 6.45) is 20.9. The zero-order valence-corrected chi connectivity index (χ0v) is 56.8. The van der Waals surface area contributed by atoms with Gasteiger partial charge in [-0.05, 0) is 61.1 Å². The second kappa shape index (κ2) is 73.1. The minimum Gasteiger partial charge on any atom is -0.491 e. The molecule has 0 radical (unpaired) electrons. The molecule has 0 saturated heterocycles. The molecule has 0 bridgehead atoms. The van der Waals surface area contributed by atoms with Crippen LogP contribution < -0.4 is 9.47 Å². The summed E-state index contributed by atoms with van der Waals surface area (Å²) in [7, 11) is 0. The van der Waals surface area contributed by atoms with Gasteiger partial charge < -0.3 is 99.5 Å². The molecule has 532 valence electrons. The average Bonchev–Trinajstić information content (AvgIpc) is 3.75. The van der Waals surface area contributed by atoms with E-state index in [1.54, 1.807) is 0 Å². The predicted octanol–water partition coefficient (Wildman–Crippen LogP) is 10.0. The first kappa shape index (κ1) is 84.4. The van der Waals surface area contributed by atoms with Gasteiger partial charge in [0.1, 0.15) is 24.7 Å². The van der Waals surface area contributed by atoms with Crippen LogP contribution in [0.4, 0.5) is 0 Å². The summed E-state index contributed by atoms with van der Waals surface area (Å²) in [5.74, 6) is 1.76. The number of unbranched alkanes of at least 4 members (excludes halogenated alkanes) is 12. The molecule has 0 aliphatic carbocycles. The van der Waals surface area contributed by atoms with E-state index in [-0.39, 0.29) is 0 Å². The summed E-state index contributed by atoms with van der Waals surface area (Å²) in [4.78, 5) is 0. The molecule has 2 rings (SSSR count). The Labute approximate surface area is 549 Å². The molecule has 2 aromatic rings. The van der Waals surface area contributed by atoms with E-state index < -0.39 is 0 Å². The smallest absolute Gasteiger partial charge is 0.119 e. The Bertz CT molecular complexity index is 1550. The van der Waals surface area contributed by atoms with E-state index in [1.807, 2.05) is 0 Å². The molecule has 0 unspecified atom stereocenters. The van der Waals surface area contributed by atoms with Crippen molar-refractivity contribution in [3.8, 4) is 11.5 Å². The molecule has 0 heterocycles. The van der Waals surface area contributed by atoms with E-state index in [0.29, 0.717) is 264 Å². The van der Waals surface area contributed by atoms with Gasteiger partial charge in [0.05, 0.1) is 251 Å². The Morgan fingerprint density at radius 2 is 0.308 bits per heavy atom. The zero-order chi connectivity index (χ0) is 64.4. The summed E-state index contributed by atoms with van der Waals surface area (Å²) >= 11 is 0. The maximum absolute atomic E-state index is 5.81. The number of ether oxygens (including phenoxy) is 21. The van der Waals surface area contributed by atoms with Gasteiger partial charge in [0.2, 0.25) is 0 Å². The largest absolute Gasteiger partial charge is 0.491 e. The standard InChI is InChI=1S/C70H126O21/c1-3-5-7-9-11-13-15-17-67-19-23-69(24-20-67)90-65-63-88-61-59-86-57-55-84-53-51-82-49-47-80-45-43-78-41-39-76-37-35-74-33-31-72-29-27-71-28-30-73-32-34-75-36-38-77-40-42-79-44-46-81-48-50-83-52-54-85-56-58-87-60-62-89-64-66-91-70-25-21-68(22-26-70)18-16-14-12-10-8-6-4-2/h19-26H,3-18,27-66H2,1-2H3. The van der Waals surface area contributed by atoms with Gasteiger partial charge >= 0.3 is 0 Å². The van der Waals surface area contributed by atoms with Crippen LogP contribution in [0.5, 0.6) is 11.5 Å². The highest BCUT2D eigenvalue weighted by Crippen LogP contribution is 2.17. The Morgan fingerprint density at radius 3 is 0.473 bits per heavy atom. The molecule has 0 amide bonds. The van der Waals surface area contributed by atoms with E-state index in [1.165, 1.54) is 101 Å². The molecule has 2 aromatic carbocycles. The van der Waals surface area contributed by atoms with Crippen LogP contribution in [0, 0.1) is 0 Å². The van der Waals surface area contributed by atoms with Gasteiger partial charge in [-0.3, -0.25) is 0 Å². The third-order valence-corrected chi connectivity index (χ3v) is 13.7. The van der Waals surface area contributed by atoms with Crippen molar-refractivity contribution in [2.75, 3.05) is 264 Å². The molecule has 0 N–H and O–H groups in total. The SMILES string of the molecule is CCCCCCCCCc1ccc(OCCOCCOCCOCCOCCOCCOCCOCCOCCOCCOCCOCCOCCOCCOCCOCCOCCOCCOCCOCCOc2ccc(CCCCCCCCC)cc2)cc1. The predicted molar refractivity (Wildman–Crippen MR) is 353 cm³/mol. The second-order valence-corrected chi connectivity index (χ2v) is 21.4. The van der Waals surface area contributed by atoms with Crippen molar-refractivity contribution in [1.29, 1.82) is 0 Å². The first-order valence-electron chi connectivity index (χ1n) is 34.7. The molecule has 0 aromatic heterocycles. The molecule has 91 heavy (non-hydrogen) atoms. The molecular weight excluding hydrogens is 1180 g/mol. The van der Waals surface area contributed by atoms with E-state index in [9.17, 15) is 0 Å². The highest BCUT2D eigenvalue weighted by molar-refractivity contribution is 5.28. The first-order valence-corrected chi connectivity index (χ1v) is 34.7. The maximum Gasteiger partial charge on any atom is 0.119 e. The third kappa shape index (κ3) is 64.4. The fourth-order valence-electron chi connectivity index (χ4n) is 8.57. The van der Waals surface area contributed by atoms with Crippen LogP contribution in [0.2, 0.25) is 0 Å². The van der Waals surface area contributed by atoms with E-state index in [4.69, 9.17) is 99.5 Å². The molecule has 21 nitrogen and oxygen atoms in total. The highest BCUT2D eigenvalue weighted by atomic mass is 16.6. The molecule has 0 spiro atoms. The monoisotopic (exact) mass is 1300 g/mol. The van der Waals surface area contributed by atoms with Gasteiger partial charge in [-0.25, -0.2) is 0 Å². The van der Waals surface area contributed by atoms with Gasteiger partial charge in [0.25, 0.3) is 0 Å². The molecule has 0 atom stereocenters.